The van der Waals surface area contributed by atoms with E-state index < -0.39 is 0 Å². The van der Waals surface area contributed by atoms with E-state index >= 15 is 0 Å². The summed E-state index contributed by atoms with van der Waals surface area (Å²) in [4.78, 5) is 11.7. The molecule has 0 aliphatic carbocycles. The van der Waals surface area contributed by atoms with E-state index in [-0.39, 0.29) is 5.91 Å². The number of hydrogen-bond acceptors (Lipinski definition) is 5. The highest BCUT2D eigenvalue weighted by Crippen LogP contribution is 2.04. The van der Waals surface area contributed by atoms with E-state index in [0.717, 1.165) is 12.8 Å². The van der Waals surface area contributed by atoms with Crippen LogP contribution in [0.15, 0.2) is 12.1 Å². The van der Waals surface area contributed by atoms with Crippen LogP contribution in [0, 0.1) is 0 Å². The summed E-state index contributed by atoms with van der Waals surface area (Å²) in [7, 11) is 0. The highest BCUT2D eigenvalue weighted by molar-refractivity contribution is 5.92. The fraction of sp³-hybridized carbons (Fsp3) is 0.615. The lowest BCUT2D eigenvalue weighted by Crippen LogP contribution is -2.25. The summed E-state index contributed by atoms with van der Waals surface area (Å²) in [5, 5.41) is 10.4. The van der Waals surface area contributed by atoms with Crippen molar-refractivity contribution >= 4 is 11.7 Å². The van der Waals surface area contributed by atoms with Crippen LogP contribution in [-0.4, -0.2) is 22.6 Å². The molecule has 0 atom stereocenters. The van der Waals surface area contributed by atoms with Crippen molar-refractivity contribution in [1.82, 2.24) is 15.5 Å². The molecule has 0 unspecified atom stereocenters. The summed E-state index contributed by atoms with van der Waals surface area (Å²) in [6.45, 7) is 2.89. The monoisotopic (exact) mass is 265 g/mol. The molecular weight excluding hydrogens is 242 g/mol. The Hall–Kier alpha value is -1.69. The first kappa shape index (κ1) is 15.4. The number of rotatable bonds is 9. The number of amides is 1. The molecule has 6 nitrogen and oxygen atoms in total. The van der Waals surface area contributed by atoms with Crippen molar-refractivity contribution in [2.24, 2.45) is 5.84 Å². The highest BCUT2D eigenvalue weighted by Gasteiger charge is 2.06. The van der Waals surface area contributed by atoms with E-state index in [2.05, 4.69) is 27.9 Å². The Morgan fingerprint density at radius 1 is 1.16 bits per heavy atom. The van der Waals surface area contributed by atoms with Gasteiger partial charge in [0.25, 0.3) is 5.91 Å². The summed E-state index contributed by atoms with van der Waals surface area (Å²) < 4.78 is 0. The molecule has 6 heteroatoms. The van der Waals surface area contributed by atoms with Crippen LogP contribution in [0.4, 0.5) is 5.82 Å². The largest absolute Gasteiger partial charge is 0.351 e. The molecule has 1 aromatic heterocycles. The second-order valence-electron chi connectivity index (χ2n) is 4.47. The third-order valence-electron chi connectivity index (χ3n) is 2.86. The van der Waals surface area contributed by atoms with Crippen LogP contribution < -0.4 is 16.6 Å². The number of aromatic nitrogens is 2. The first-order valence-electron chi connectivity index (χ1n) is 6.86. The molecule has 0 saturated carbocycles. The predicted molar refractivity (Wildman–Crippen MR) is 75.6 cm³/mol. The first-order valence-corrected chi connectivity index (χ1v) is 6.86. The summed E-state index contributed by atoms with van der Waals surface area (Å²) >= 11 is 0. The van der Waals surface area contributed by atoms with Gasteiger partial charge in [-0.3, -0.25) is 4.79 Å². The maximum absolute atomic E-state index is 11.7. The second kappa shape index (κ2) is 9.27. The molecule has 4 N–H and O–H groups in total. The minimum Gasteiger partial charge on any atom is -0.351 e. The van der Waals surface area contributed by atoms with Crippen LogP contribution in [0.3, 0.4) is 0 Å². The molecule has 19 heavy (non-hydrogen) atoms. The van der Waals surface area contributed by atoms with Crippen molar-refractivity contribution in [3.05, 3.63) is 17.8 Å². The fourth-order valence-corrected chi connectivity index (χ4v) is 1.73. The lowest BCUT2D eigenvalue weighted by molar-refractivity contribution is 0.0947. The maximum Gasteiger partial charge on any atom is 0.271 e. The molecule has 0 aliphatic rings. The number of unbranched alkanes of at least 4 members (excludes halogenated alkanes) is 5. The average Bonchev–Trinajstić information content (AvgIpc) is 2.46. The summed E-state index contributed by atoms with van der Waals surface area (Å²) in [5.74, 6) is 5.42. The summed E-state index contributed by atoms with van der Waals surface area (Å²) in [6, 6.07) is 3.21. The molecule has 0 saturated heterocycles. The number of carbonyl (C=O) groups excluding carboxylic acids is 1. The predicted octanol–water partition coefficient (Wildman–Crippen LogP) is 1.85. The van der Waals surface area contributed by atoms with Gasteiger partial charge in [-0.25, -0.2) is 5.84 Å². The molecule has 0 spiro atoms. The van der Waals surface area contributed by atoms with E-state index in [9.17, 15) is 4.79 Å². The van der Waals surface area contributed by atoms with Gasteiger partial charge in [0.15, 0.2) is 11.5 Å². The Morgan fingerprint density at radius 2 is 1.89 bits per heavy atom. The zero-order chi connectivity index (χ0) is 13.9. The summed E-state index contributed by atoms with van der Waals surface area (Å²) in [5.41, 5.74) is 2.67. The van der Waals surface area contributed by atoms with Gasteiger partial charge in [-0.2, -0.15) is 0 Å². The topological polar surface area (TPSA) is 92.9 Å². The third kappa shape index (κ3) is 6.15. The van der Waals surface area contributed by atoms with Crippen LogP contribution in [-0.2, 0) is 0 Å². The van der Waals surface area contributed by atoms with Gasteiger partial charge in [-0.15, -0.1) is 10.2 Å². The third-order valence-corrected chi connectivity index (χ3v) is 2.86. The SMILES string of the molecule is CCCCCCCCNC(=O)c1ccc(NN)nn1. The lowest BCUT2D eigenvalue weighted by Gasteiger charge is -2.04. The molecule has 0 bridgehead atoms. The molecule has 0 fully saturated rings. The van der Waals surface area contributed by atoms with Gasteiger partial charge in [0.1, 0.15) is 0 Å². The number of nitrogens with zero attached hydrogens (tertiary/aromatic N) is 2. The number of anilines is 1. The van der Waals surface area contributed by atoms with Gasteiger partial charge in [-0.1, -0.05) is 39.0 Å². The molecule has 1 aromatic rings. The standard InChI is InChI=1S/C13H23N5O/c1-2-3-4-5-6-7-10-15-13(19)11-8-9-12(16-14)18-17-11/h8-9H,2-7,10,14H2,1H3,(H,15,19)(H,16,18). The number of nitrogens with two attached hydrogens (primary N) is 1. The first-order chi connectivity index (χ1) is 9.27. The average molecular weight is 265 g/mol. The quantitative estimate of drug-likeness (QED) is 0.360. The van der Waals surface area contributed by atoms with E-state index in [1.807, 2.05) is 0 Å². The van der Waals surface area contributed by atoms with Gasteiger partial charge in [-0.05, 0) is 18.6 Å². The van der Waals surface area contributed by atoms with Gasteiger partial charge in [0.2, 0.25) is 0 Å². The van der Waals surface area contributed by atoms with E-state index in [0.29, 0.717) is 18.1 Å². The molecule has 0 aromatic carbocycles. The minimum absolute atomic E-state index is 0.190. The van der Waals surface area contributed by atoms with Gasteiger partial charge in [0, 0.05) is 6.54 Å². The van der Waals surface area contributed by atoms with Crippen LogP contribution in [0.1, 0.15) is 55.9 Å². The van der Waals surface area contributed by atoms with E-state index in [1.54, 1.807) is 12.1 Å². The van der Waals surface area contributed by atoms with Gasteiger partial charge in [0.05, 0.1) is 0 Å². The van der Waals surface area contributed by atoms with Crippen molar-refractivity contribution in [2.75, 3.05) is 12.0 Å². The molecule has 1 heterocycles. The van der Waals surface area contributed by atoms with Crippen molar-refractivity contribution in [2.45, 2.75) is 45.4 Å². The molecule has 106 valence electrons. The fourth-order valence-electron chi connectivity index (χ4n) is 1.73. The van der Waals surface area contributed by atoms with Crippen LogP contribution >= 0.6 is 0 Å². The summed E-state index contributed by atoms with van der Waals surface area (Å²) in [6.07, 6.45) is 7.23. The van der Waals surface area contributed by atoms with Crippen molar-refractivity contribution < 1.29 is 4.79 Å². The lowest BCUT2D eigenvalue weighted by atomic mass is 10.1. The van der Waals surface area contributed by atoms with Crippen LogP contribution in [0.2, 0.25) is 0 Å². The number of nitrogen functional groups attached to an aromatic ring is 1. The smallest absolute Gasteiger partial charge is 0.271 e. The molecule has 1 rings (SSSR count). The van der Waals surface area contributed by atoms with E-state index in [4.69, 9.17) is 5.84 Å². The Balaban J connectivity index is 2.16. The van der Waals surface area contributed by atoms with Crippen molar-refractivity contribution in [1.29, 1.82) is 0 Å². The van der Waals surface area contributed by atoms with Crippen LogP contribution in [0.25, 0.3) is 0 Å². The maximum atomic E-state index is 11.7. The van der Waals surface area contributed by atoms with Gasteiger partial charge < -0.3 is 10.7 Å². The second-order valence-corrected chi connectivity index (χ2v) is 4.47. The van der Waals surface area contributed by atoms with E-state index in [1.165, 1.54) is 25.7 Å². The Kier molecular flexibility index (Phi) is 7.50. The highest BCUT2D eigenvalue weighted by atomic mass is 16.1. The molecule has 0 aliphatic heterocycles. The normalized spacial score (nSPS) is 10.2. The van der Waals surface area contributed by atoms with Gasteiger partial charge >= 0.3 is 0 Å². The molecule has 0 radical (unpaired) electrons. The number of nitrogens with one attached hydrogen (secondary N) is 2. The minimum atomic E-state index is -0.190. The Morgan fingerprint density at radius 3 is 2.53 bits per heavy atom. The number of hydrazine groups is 1. The zero-order valence-corrected chi connectivity index (χ0v) is 11.5. The Bertz CT molecular complexity index is 366. The molecular formula is C13H23N5O. The van der Waals surface area contributed by atoms with Crippen molar-refractivity contribution in [3.63, 3.8) is 0 Å². The molecule has 1 amide bonds. The number of carbonyl (C=O) groups is 1. The number of hydrogen-bond donors (Lipinski definition) is 3. The Labute approximate surface area is 114 Å². The zero-order valence-electron chi connectivity index (χ0n) is 11.5. The van der Waals surface area contributed by atoms with Crippen molar-refractivity contribution in [3.8, 4) is 0 Å². The van der Waals surface area contributed by atoms with Crippen LogP contribution in [0.5, 0.6) is 0 Å².